The third-order valence-corrected chi connectivity index (χ3v) is 5.04. The van der Waals surface area contributed by atoms with Crippen molar-refractivity contribution >= 4 is 35.6 Å². The molecule has 1 aromatic carbocycles. The molecule has 0 unspecified atom stereocenters. The van der Waals surface area contributed by atoms with E-state index in [0.29, 0.717) is 18.7 Å². The van der Waals surface area contributed by atoms with Gasteiger partial charge in [-0.3, -0.25) is 9.59 Å². The first-order valence-electron chi connectivity index (χ1n) is 8.94. The fourth-order valence-electron chi connectivity index (χ4n) is 3.58. The van der Waals surface area contributed by atoms with E-state index in [-0.39, 0.29) is 36.7 Å². The molecule has 1 fully saturated rings. The molecule has 2 amide bonds. The first-order chi connectivity index (χ1) is 13.0. The molecular weight excluding hydrogens is 384 g/mol. The van der Waals surface area contributed by atoms with E-state index < -0.39 is 5.54 Å². The lowest BCUT2D eigenvalue weighted by Gasteiger charge is -2.45. The zero-order valence-electron chi connectivity index (χ0n) is 15.8. The molecule has 0 aliphatic carbocycles. The van der Waals surface area contributed by atoms with Crippen LogP contribution in [0.5, 0.6) is 0 Å². The summed E-state index contributed by atoms with van der Waals surface area (Å²) in [5.74, 6) is -0.152. The maximum absolute atomic E-state index is 13.4. The Kier molecular flexibility index (Phi) is 5.57. The van der Waals surface area contributed by atoms with E-state index in [1.54, 1.807) is 19.0 Å². The van der Waals surface area contributed by atoms with Crippen molar-refractivity contribution in [2.24, 2.45) is 0 Å². The van der Waals surface area contributed by atoms with Crippen LogP contribution in [0.4, 0.5) is 11.4 Å². The van der Waals surface area contributed by atoms with Crippen molar-refractivity contribution in [3.05, 3.63) is 36.0 Å². The highest BCUT2D eigenvalue weighted by molar-refractivity contribution is 6.07. The summed E-state index contributed by atoms with van der Waals surface area (Å²) in [7, 11) is 3.23. The van der Waals surface area contributed by atoms with Crippen LogP contribution in [0.25, 0.3) is 0 Å². The Morgan fingerprint density at radius 1 is 1.29 bits per heavy atom. The predicted octanol–water partition coefficient (Wildman–Crippen LogP) is 1.27. The largest absolute Gasteiger partial charge is 0.369 e. The molecule has 2 N–H and O–H groups in total. The second kappa shape index (κ2) is 7.76. The topological polar surface area (TPSA) is 104 Å². The minimum Gasteiger partial charge on any atom is -0.369 e. The van der Waals surface area contributed by atoms with Crippen molar-refractivity contribution in [3.8, 4) is 0 Å². The van der Waals surface area contributed by atoms with E-state index in [1.807, 2.05) is 24.3 Å². The molecule has 150 valence electrons. The number of nitrogens with zero attached hydrogens (tertiary/aromatic N) is 4. The fraction of sp³-hybridized carbons (Fsp3) is 0.444. The zero-order valence-corrected chi connectivity index (χ0v) is 16.6. The van der Waals surface area contributed by atoms with Crippen LogP contribution in [-0.2, 0) is 11.3 Å². The lowest BCUT2D eigenvalue weighted by molar-refractivity contribution is -0.124. The van der Waals surface area contributed by atoms with Gasteiger partial charge < -0.3 is 25.0 Å². The first-order valence-corrected chi connectivity index (χ1v) is 8.94. The SMILES string of the molecule is CN(C)C(=O)c1nc(CN2C(=O)C3(CCNCC3)Nc3ccccc32)no1.Cl. The van der Waals surface area contributed by atoms with Crippen molar-refractivity contribution in [1.82, 2.24) is 20.4 Å². The number of nitrogens with one attached hydrogen (secondary N) is 2. The van der Waals surface area contributed by atoms with Gasteiger partial charge in [-0.05, 0) is 38.1 Å². The van der Waals surface area contributed by atoms with Crippen LogP contribution in [0.15, 0.2) is 28.8 Å². The predicted molar refractivity (Wildman–Crippen MR) is 106 cm³/mol. The van der Waals surface area contributed by atoms with Crippen LogP contribution in [0.2, 0.25) is 0 Å². The van der Waals surface area contributed by atoms with Gasteiger partial charge in [-0.15, -0.1) is 12.4 Å². The van der Waals surface area contributed by atoms with E-state index in [2.05, 4.69) is 20.8 Å². The normalized spacial score (nSPS) is 17.5. The number of hydrogen-bond acceptors (Lipinski definition) is 7. The maximum Gasteiger partial charge on any atom is 0.316 e. The molecular formula is C18H23ClN6O3. The quantitative estimate of drug-likeness (QED) is 0.791. The molecule has 1 spiro atoms. The van der Waals surface area contributed by atoms with Crippen molar-refractivity contribution in [2.75, 3.05) is 37.4 Å². The second-order valence-electron chi connectivity index (χ2n) is 7.08. The van der Waals surface area contributed by atoms with Gasteiger partial charge in [-0.2, -0.15) is 4.98 Å². The van der Waals surface area contributed by atoms with Gasteiger partial charge in [0, 0.05) is 14.1 Å². The molecule has 0 saturated carbocycles. The highest BCUT2D eigenvalue weighted by Crippen LogP contribution is 2.39. The monoisotopic (exact) mass is 406 g/mol. The molecule has 9 nitrogen and oxygen atoms in total. The minimum atomic E-state index is -0.633. The Hall–Kier alpha value is -2.65. The third-order valence-electron chi connectivity index (χ3n) is 5.04. The lowest BCUT2D eigenvalue weighted by atomic mass is 9.84. The summed E-state index contributed by atoms with van der Waals surface area (Å²) in [6, 6.07) is 7.69. The molecule has 4 rings (SSSR count). The highest BCUT2D eigenvalue weighted by atomic mass is 35.5. The molecule has 0 radical (unpaired) electrons. The number of aromatic nitrogens is 2. The molecule has 0 bridgehead atoms. The van der Waals surface area contributed by atoms with Crippen molar-refractivity contribution in [3.63, 3.8) is 0 Å². The number of piperidine rings is 1. The number of amides is 2. The van der Waals surface area contributed by atoms with Gasteiger partial charge in [-0.25, -0.2) is 0 Å². The van der Waals surface area contributed by atoms with E-state index in [9.17, 15) is 9.59 Å². The standard InChI is InChI=1S/C18H22N6O3.ClH/c1-23(2)16(25)15-20-14(22-27-15)11-24-13-6-4-3-5-12(13)21-18(17(24)26)7-9-19-10-8-18;/h3-6,19,21H,7-11H2,1-2H3;1H. The van der Waals surface area contributed by atoms with Crippen molar-refractivity contribution in [2.45, 2.75) is 24.9 Å². The first kappa shape index (κ1) is 20.1. The number of anilines is 2. The molecule has 2 aromatic rings. The number of rotatable bonds is 3. The van der Waals surface area contributed by atoms with Gasteiger partial charge in [0.05, 0.1) is 17.9 Å². The van der Waals surface area contributed by atoms with Crippen molar-refractivity contribution in [1.29, 1.82) is 0 Å². The van der Waals surface area contributed by atoms with Crippen LogP contribution in [0.3, 0.4) is 0 Å². The summed E-state index contributed by atoms with van der Waals surface area (Å²) in [4.78, 5) is 32.6. The average molecular weight is 407 g/mol. The summed E-state index contributed by atoms with van der Waals surface area (Å²) in [5.41, 5.74) is 1.05. The number of carbonyl (C=O) groups excluding carboxylic acids is 2. The van der Waals surface area contributed by atoms with Gasteiger partial charge in [-0.1, -0.05) is 17.3 Å². The Morgan fingerprint density at radius 3 is 2.71 bits per heavy atom. The molecule has 1 saturated heterocycles. The van der Waals surface area contributed by atoms with Crippen LogP contribution in [-0.4, -0.2) is 59.6 Å². The molecule has 1 aromatic heterocycles. The number of hydrogen-bond donors (Lipinski definition) is 2. The van der Waals surface area contributed by atoms with Gasteiger partial charge in [0.25, 0.3) is 5.91 Å². The smallest absolute Gasteiger partial charge is 0.316 e. The summed E-state index contributed by atoms with van der Waals surface area (Å²) in [5, 5.41) is 10.7. The molecule has 2 aliphatic heterocycles. The van der Waals surface area contributed by atoms with Gasteiger partial charge >= 0.3 is 11.8 Å². The van der Waals surface area contributed by atoms with E-state index >= 15 is 0 Å². The van der Waals surface area contributed by atoms with Crippen LogP contribution in [0, 0.1) is 0 Å². The van der Waals surface area contributed by atoms with Gasteiger partial charge in [0.2, 0.25) is 0 Å². The maximum atomic E-state index is 13.4. The number of benzene rings is 1. The highest BCUT2D eigenvalue weighted by Gasteiger charge is 2.46. The summed E-state index contributed by atoms with van der Waals surface area (Å²) in [6.45, 7) is 1.70. The molecule has 2 aliphatic rings. The zero-order chi connectivity index (χ0) is 19.0. The number of carbonyl (C=O) groups is 2. The van der Waals surface area contributed by atoms with E-state index in [4.69, 9.17) is 4.52 Å². The number of para-hydroxylation sites is 2. The van der Waals surface area contributed by atoms with Gasteiger partial charge in [0.15, 0.2) is 5.82 Å². The van der Waals surface area contributed by atoms with E-state index in [1.165, 1.54) is 4.90 Å². The van der Waals surface area contributed by atoms with Crippen LogP contribution in [0.1, 0.15) is 29.4 Å². The lowest BCUT2D eigenvalue weighted by Crippen LogP contribution is -2.61. The minimum absolute atomic E-state index is 0. The Labute approximate surface area is 168 Å². The second-order valence-corrected chi connectivity index (χ2v) is 7.08. The average Bonchev–Trinajstić information content (AvgIpc) is 3.14. The fourth-order valence-corrected chi connectivity index (χ4v) is 3.58. The third kappa shape index (κ3) is 3.43. The van der Waals surface area contributed by atoms with Crippen molar-refractivity contribution < 1.29 is 14.1 Å². The van der Waals surface area contributed by atoms with Gasteiger partial charge in [0.1, 0.15) is 5.54 Å². The molecule has 3 heterocycles. The Morgan fingerprint density at radius 2 is 2.00 bits per heavy atom. The number of fused-ring (bicyclic) bond motifs is 1. The number of halogens is 1. The molecule has 0 atom stereocenters. The summed E-state index contributed by atoms with van der Waals surface area (Å²) < 4.78 is 5.07. The Bertz CT molecular complexity index is 878. The van der Waals surface area contributed by atoms with Crippen LogP contribution >= 0.6 is 12.4 Å². The Balaban J connectivity index is 0.00000225. The summed E-state index contributed by atoms with van der Waals surface area (Å²) in [6.07, 6.45) is 1.40. The molecule has 28 heavy (non-hydrogen) atoms. The van der Waals surface area contributed by atoms with E-state index in [0.717, 1.165) is 24.5 Å². The molecule has 10 heteroatoms. The summed E-state index contributed by atoms with van der Waals surface area (Å²) >= 11 is 0. The van der Waals surface area contributed by atoms with Crippen LogP contribution < -0.4 is 15.5 Å².